The first-order valence-electron chi connectivity index (χ1n) is 8.91. The predicted molar refractivity (Wildman–Crippen MR) is 121 cm³/mol. The Morgan fingerprint density at radius 1 is 1.31 bits per heavy atom. The van der Waals surface area contributed by atoms with Gasteiger partial charge < -0.3 is 10.6 Å². The molecule has 2 aromatic rings. The second-order valence-corrected chi connectivity index (χ2v) is 9.18. The molecule has 138 valence electrons. The molecule has 4 nitrogen and oxygen atoms in total. The molecule has 3 rings (SSSR count). The smallest absolute Gasteiger partial charge is 0.229 e. The number of nitrogens with zero attached hydrogens (tertiary/aromatic N) is 2. The number of nitrogens with one attached hydrogen (secondary N) is 2. The number of hydrogen-bond donors (Lipinski definition) is 2. The molecule has 1 atom stereocenters. The lowest BCUT2D eigenvalue weighted by molar-refractivity contribution is 0.868. The lowest BCUT2D eigenvalue weighted by Crippen LogP contribution is -2.12. The number of allylic oxidation sites excluding steroid dienone is 1. The van der Waals surface area contributed by atoms with Crippen LogP contribution in [-0.4, -0.2) is 14.0 Å². The molecule has 0 amide bonds. The topological polar surface area (TPSA) is 49.8 Å². The molecule has 1 saturated carbocycles. The van der Waals surface area contributed by atoms with Crippen LogP contribution in [0.1, 0.15) is 45.1 Å². The van der Waals surface area contributed by atoms with Crippen molar-refractivity contribution in [1.82, 2.24) is 9.97 Å². The zero-order chi connectivity index (χ0) is 18.7. The summed E-state index contributed by atoms with van der Waals surface area (Å²) < 4.78 is 1.05. The maximum absolute atomic E-state index is 4.66. The van der Waals surface area contributed by atoms with Crippen molar-refractivity contribution in [2.45, 2.75) is 43.6 Å². The Kier molecular flexibility index (Phi) is 6.55. The molecule has 0 radical (unpaired) electrons. The van der Waals surface area contributed by atoms with E-state index in [1.54, 1.807) is 6.20 Å². The standard InChI is InChI=1S/C20H24BrIN4/c1-12(2)15-6-4-5-7-17(15)24-20-23-11-16(21)19(26-20)25-18(22)10-13(3)14-8-9-14/h4-7,10-12,14,18H,8-9H2,1-3H3,(H2,23,24,25,26)/b13-10+. The van der Waals surface area contributed by atoms with Gasteiger partial charge in [-0.1, -0.05) is 66.3 Å². The SMILES string of the molecule is C/C(=C\C(I)Nc1nc(Nc2ccccc2C(C)C)ncc1Br)C1CC1. The highest BCUT2D eigenvalue weighted by atomic mass is 127. The minimum absolute atomic E-state index is 0.190. The fourth-order valence-corrected chi connectivity index (χ4v) is 4.01. The van der Waals surface area contributed by atoms with Crippen LogP contribution in [0.2, 0.25) is 0 Å². The van der Waals surface area contributed by atoms with Gasteiger partial charge in [-0.15, -0.1) is 0 Å². The highest BCUT2D eigenvalue weighted by Gasteiger charge is 2.23. The third-order valence-electron chi connectivity index (χ3n) is 4.48. The maximum Gasteiger partial charge on any atom is 0.229 e. The number of alkyl halides is 1. The molecule has 1 aliphatic rings. The number of halogens is 2. The Balaban J connectivity index is 1.76. The Bertz CT molecular complexity index is 802. The maximum atomic E-state index is 4.66. The molecule has 0 spiro atoms. The van der Waals surface area contributed by atoms with E-state index in [0.29, 0.717) is 11.9 Å². The lowest BCUT2D eigenvalue weighted by atomic mass is 10.0. The van der Waals surface area contributed by atoms with E-state index in [4.69, 9.17) is 0 Å². The average Bonchev–Trinajstić information content (AvgIpc) is 3.43. The Morgan fingerprint density at radius 3 is 2.73 bits per heavy atom. The molecule has 1 aliphatic carbocycles. The van der Waals surface area contributed by atoms with E-state index in [1.165, 1.54) is 24.0 Å². The van der Waals surface area contributed by atoms with Gasteiger partial charge in [0.15, 0.2) is 0 Å². The first-order valence-corrected chi connectivity index (χ1v) is 11.0. The van der Waals surface area contributed by atoms with E-state index in [2.05, 4.69) is 104 Å². The molecule has 1 aromatic carbocycles. The van der Waals surface area contributed by atoms with Crippen molar-refractivity contribution in [3.8, 4) is 0 Å². The molecule has 6 heteroatoms. The molecular formula is C20H24BrIN4. The molecule has 1 fully saturated rings. The largest absolute Gasteiger partial charge is 0.354 e. The van der Waals surface area contributed by atoms with Crippen LogP contribution < -0.4 is 10.6 Å². The summed E-state index contributed by atoms with van der Waals surface area (Å²) in [6.45, 7) is 6.59. The van der Waals surface area contributed by atoms with E-state index >= 15 is 0 Å². The van der Waals surface area contributed by atoms with Gasteiger partial charge in [-0.25, -0.2) is 4.98 Å². The molecule has 1 unspecified atom stereocenters. The van der Waals surface area contributed by atoms with E-state index in [1.807, 2.05) is 6.07 Å². The van der Waals surface area contributed by atoms with Crippen LogP contribution >= 0.6 is 38.5 Å². The van der Waals surface area contributed by atoms with Crippen LogP contribution in [0.25, 0.3) is 0 Å². The minimum Gasteiger partial charge on any atom is -0.354 e. The average molecular weight is 527 g/mol. The van der Waals surface area contributed by atoms with Crippen molar-refractivity contribution in [3.63, 3.8) is 0 Å². The van der Waals surface area contributed by atoms with Crippen molar-refractivity contribution in [2.24, 2.45) is 5.92 Å². The second kappa shape index (κ2) is 8.69. The number of rotatable bonds is 7. The van der Waals surface area contributed by atoms with Gasteiger partial charge in [-0.05, 0) is 59.2 Å². The van der Waals surface area contributed by atoms with Gasteiger partial charge in [0.25, 0.3) is 0 Å². The highest BCUT2D eigenvalue weighted by Crippen LogP contribution is 2.36. The van der Waals surface area contributed by atoms with Crippen LogP contribution in [-0.2, 0) is 0 Å². The van der Waals surface area contributed by atoms with Gasteiger partial charge >= 0.3 is 0 Å². The highest BCUT2D eigenvalue weighted by molar-refractivity contribution is 14.1. The number of para-hydroxylation sites is 1. The van der Waals surface area contributed by atoms with Crippen molar-refractivity contribution < 1.29 is 0 Å². The van der Waals surface area contributed by atoms with Crippen LogP contribution in [0, 0.1) is 5.92 Å². The Hall–Kier alpha value is -1.15. The fourth-order valence-electron chi connectivity index (χ4n) is 2.84. The van der Waals surface area contributed by atoms with Crippen molar-refractivity contribution in [1.29, 1.82) is 0 Å². The van der Waals surface area contributed by atoms with Gasteiger partial charge in [0.05, 0.1) is 8.52 Å². The van der Waals surface area contributed by atoms with Crippen LogP contribution in [0.3, 0.4) is 0 Å². The van der Waals surface area contributed by atoms with Gasteiger partial charge in [-0.3, -0.25) is 0 Å². The number of benzene rings is 1. The molecule has 0 bridgehead atoms. The third kappa shape index (κ3) is 5.19. The van der Waals surface area contributed by atoms with Crippen molar-refractivity contribution in [3.05, 3.63) is 52.1 Å². The molecular weight excluding hydrogens is 503 g/mol. The van der Waals surface area contributed by atoms with Gasteiger partial charge in [0.1, 0.15) is 5.82 Å². The predicted octanol–water partition coefficient (Wildman–Crippen LogP) is 6.64. The first kappa shape index (κ1) is 19.6. The zero-order valence-electron chi connectivity index (χ0n) is 15.3. The minimum atomic E-state index is 0.190. The Labute approximate surface area is 177 Å². The molecule has 1 aromatic heterocycles. The molecule has 26 heavy (non-hydrogen) atoms. The van der Waals surface area contributed by atoms with Crippen LogP contribution in [0.15, 0.2) is 46.6 Å². The molecule has 0 saturated heterocycles. The van der Waals surface area contributed by atoms with Gasteiger partial charge in [-0.2, -0.15) is 4.98 Å². The van der Waals surface area contributed by atoms with Gasteiger partial charge in [0, 0.05) is 11.9 Å². The summed E-state index contributed by atoms with van der Waals surface area (Å²) in [5.74, 6) is 2.60. The molecule has 0 aliphatic heterocycles. The summed E-state index contributed by atoms with van der Waals surface area (Å²) in [5, 5.41) is 6.82. The summed E-state index contributed by atoms with van der Waals surface area (Å²) in [4.78, 5) is 9.08. The monoisotopic (exact) mass is 526 g/mol. The second-order valence-electron chi connectivity index (χ2n) is 6.99. The van der Waals surface area contributed by atoms with Gasteiger partial charge in [0.2, 0.25) is 5.95 Å². The van der Waals surface area contributed by atoms with Crippen molar-refractivity contribution >= 4 is 56.0 Å². The summed E-state index contributed by atoms with van der Waals surface area (Å²) in [6, 6.07) is 8.29. The Morgan fingerprint density at radius 2 is 2.04 bits per heavy atom. The summed E-state index contributed by atoms with van der Waals surface area (Å²) in [5.41, 5.74) is 3.76. The van der Waals surface area contributed by atoms with E-state index in [9.17, 15) is 0 Å². The lowest BCUT2D eigenvalue weighted by Gasteiger charge is -2.16. The summed E-state index contributed by atoms with van der Waals surface area (Å²) >= 11 is 5.95. The van der Waals surface area contributed by atoms with Crippen molar-refractivity contribution in [2.75, 3.05) is 10.6 Å². The molecule has 2 N–H and O–H groups in total. The quantitative estimate of drug-likeness (QED) is 0.184. The summed E-state index contributed by atoms with van der Waals surface area (Å²) in [6.07, 6.45) is 6.73. The number of hydrogen-bond acceptors (Lipinski definition) is 4. The number of anilines is 3. The van der Waals surface area contributed by atoms with E-state index in [-0.39, 0.29) is 4.05 Å². The zero-order valence-corrected chi connectivity index (χ0v) is 19.0. The fraction of sp³-hybridized carbons (Fsp3) is 0.400. The molecule has 1 heterocycles. The van der Waals surface area contributed by atoms with E-state index in [0.717, 1.165) is 21.9 Å². The van der Waals surface area contributed by atoms with E-state index < -0.39 is 0 Å². The summed E-state index contributed by atoms with van der Waals surface area (Å²) in [7, 11) is 0. The van der Waals surface area contributed by atoms with Crippen LogP contribution in [0.4, 0.5) is 17.5 Å². The number of aromatic nitrogens is 2. The third-order valence-corrected chi connectivity index (χ3v) is 5.73. The first-order chi connectivity index (χ1) is 12.4. The normalized spacial score (nSPS) is 15.8. The van der Waals surface area contributed by atoms with Crippen LogP contribution in [0.5, 0.6) is 0 Å².